The lowest BCUT2D eigenvalue weighted by Gasteiger charge is -2.02. The highest BCUT2D eigenvalue weighted by molar-refractivity contribution is 7.11. The maximum atomic E-state index is 5.64. The highest BCUT2D eigenvalue weighted by atomic mass is 35.5. The first-order chi connectivity index (χ1) is 7.63. The number of thiazole rings is 1. The molecule has 0 fully saturated rings. The van der Waals surface area contributed by atoms with E-state index in [2.05, 4.69) is 25.3 Å². The van der Waals surface area contributed by atoms with Gasteiger partial charge in [0.1, 0.15) is 0 Å². The Morgan fingerprint density at radius 2 is 1.94 bits per heavy atom. The average molecular weight is 276 g/mol. The zero-order chi connectivity index (χ0) is 11.5. The van der Waals surface area contributed by atoms with E-state index in [1.807, 2.05) is 6.92 Å². The van der Waals surface area contributed by atoms with Crippen molar-refractivity contribution >= 4 is 40.5 Å². The third kappa shape index (κ3) is 3.01. The van der Waals surface area contributed by atoms with Crippen LogP contribution < -0.4 is 5.32 Å². The average Bonchev–Trinajstić information content (AvgIpc) is 2.60. The van der Waals surface area contributed by atoms with Crippen LogP contribution in [0, 0.1) is 6.92 Å². The predicted molar refractivity (Wildman–Crippen MR) is 64.0 cm³/mol. The first-order valence-electron chi connectivity index (χ1n) is 4.36. The SMILES string of the molecule is Cc1ncc(CNc2nc(Cl)nc(Cl)n2)s1. The third-order valence-electron chi connectivity index (χ3n) is 1.67. The number of anilines is 1. The van der Waals surface area contributed by atoms with Crippen LogP contribution >= 0.6 is 34.5 Å². The normalized spacial score (nSPS) is 10.4. The van der Waals surface area contributed by atoms with Gasteiger partial charge in [0.15, 0.2) is 0 Å². The Morgan fingerprint density at radius 3 is 2.50 bits per heavy atom. The number of nitrogens with one attached hydrogen (secondary N) is 1. The van der Waals surface area contributed by atoms with Crippen molar-refractivity contribution < 1.29 is 0 Å². The minimum absolute atomic E-state index is 0.0722. The van der Waals surface area contributed by atoms with E-state index in [-0.39, 0.29) is 10.6 Å². The molecule has 2 rings (SSSR count). The van der Waals surface area contributed by atoms with Crippen LogP contribution in [0.5, 0.6) is 0 Å². The molecule has 0 bridgehead atoms. The largest absolute Gasteiger partial charge is 0.349 e. The third-order valence-corrected chi connectivity index (χ3v) is 2.92. The van der Waals surface area contributed by atoms with E-state index in [0.29, 0.717) is 12.5 Å². The molecule has 0 spiro atoms. The fourth-order valence-corrected chi connectivity index (χ4v) is 2.16. The highest BCUT2D eigenvalue weighted by Crippen LogP contribution is 2.14. The zero-order valence-corrected chi connectivity index (χ0v) is 10.6. The number of hydrogen-bond donors (Lipinski definition) is 1. The number of hydrogen-bond acceptors (Lipinski definition) is 6. The fourth-order valence-electron chi connectivity index (χ4n) is 1.06. The van der Waals surface area contributed by atoms with Gasteiger partial charge in [0.25, 0.3) is 0 Å². The second-order valence-corrected chi connectivity index (χ2v) is 4.89. The van der Waals surface area contributed by atoms with Crippen molar-refractivity contribution in [2.75, 3.05) is 5.32 Å². The molecule has 16 heavy (non-hydrogen) atoms. The second-order valence-electron chi connectivity index (χ2n) is 2.90. The fraction of sp³-hybridized carbons (Fsp3) is 0.250. The molecule has 0 amide bonds. The molecule has 2 aromatic rings. The molecule has 0 unspecified atom stereocenters. The summed E-state index contributed by atoms with van der Waals surface area (Å²) in [6.07, 6.45) is 1.80. The molecule has 5 nitrogen and oxygen atoms in total. The summed E-state index contributed by atoms with van der Waals surface area (Å²) in [7, 11) is 0. The molecule has 1 N–H and O–H groups in total. The van der Waals surface area contributed by atoms with E-state index in [9.17, 15) is 0 Å². The number of aryl methyl sites for hydroxylation is 1. The molecule has 0 saturated carbocycles. The van der Waals surface area contributed by atoms with E-state index in [1.165, 1.54) is 0 Å². The summed E-state index contributed by atoms with van der Waals surface area (Å²) in [5, 5.41) is 4.16. The van der Waals surface area contributed by atoms with Gasteiger partial charge in [0, 0.05) is 11.1 Å². The van der Waals surface area contributed by atoms with Gasteiger partial charge in [-0.15, -0.1) is 11.3 Å². The topological polar surface area (TPSA) is 63.6 Å². The molecule has 0 aliphatic carbocycles. The van der Waals surface area contributed by atoms with Crippen molar-refractivity contribution in [2.24, 2.45) is 0 Å². The van der Waals surface area contributed by atoms with Crippen LogP contribution in [0.1, 0.15) is 9.88 Å². The lowest BCUT2D eigenvalue weighted by molar-refractivity contribution is 1.01. The van der Waals surface area contributed by atoms with E-state index >= 15 is 0 Å². The van der Waals surface area contributed by atoms with Gasteiger partial charge in [-0.25, -0.2) is 4.98 Å². The molecule has 0 aliphatic rings. The quantitative estimate of drug-likeness (QED) is 0.933. The summed E-state index contributed by atoms with van der Waals surface area (Å²) >= 11 is 12.9. The Kier molecular flexibility index (Phi) is 3.52. The maximum absolute atomic E-state index is 5.64. The molecular weight excluding hydrogens is 269 g/mol. The van der Waals surface area contributed by atoms with Crippen molar-refractivity contribution in [3.8, 4) is 0 Å². The molecule has 0 aromatic carbocycles. The van der Waals surface area contributed by atoms with Crippen LogP contribution in [0.25, 0.3) is 0 Å². The monoisotopic (exact) mass is 275 g/mol. The summed E-state index contributed by atoms with van der Waals surface area (Å²) in [6.45, 7) is 2.53. The Balaban J connectivity index is 2.04. The van der Waals surface area contributed by atoms with Gasteiger partial charge in [-0.1, -0.05) is 0 Å². The predicted octanol–water partition coefficient (Wildman–Crippen LogP) is 2.56. The number of halogens is 2. The van der Waals surface area contributed by atoms with E-state index in [4.69, 9.17) is 23.2 Å². The summed E-state index contributed by atoms with van der Waals surface area (Å²) in [4.78, 5) is 16.7. The molecule has 8 heteroatoms. The first-order valence-corrected chi connectivity index (χ1v) is 5.93. The maximum Gasteiger partial charge on any atom is 0.228 e. The lowest BCUT2D eigenvalue weighted by atomic mass is 10.5. The van der Waals surface area contributed by atoms with Crippen molar-refractivity contribution in [3.05, 3.63) is 26.6 Å². The summed E-state index contributed by atoms with van der Waals surface area (Å²) in [5.74, 6) is 0.357. The van der Waals surface area contributed by atoms with E-state index in [0.717, 1.165) is 9.88 Å². The zero-order valence-electron chi connectivity index (χ0n) is 8.24. The van der Waals surface area contributed by atoms with Gasteiger partial charge in [-0.05, 0) is 30.1 Å². The Hall–Kier alpha value is -0.980. The van der Waals surface area contributed by atoms with Crippen LogP contribution in [0.4, 0.5) is 5.95 Å². The minimum atomic E-state index is 0.0722. The molecule has 0 saturated heterocycles. The van der Waals surface area contributed by atoms with E-state index < -0.39 is 0 Å². The number of rotatable bonds is 3. The van der Waals surface area contributed by atoms with Gasteiger partial charge in [0.05, 0.1) is 11.6 Å². The molecule has 2 heterocycles. The summed E-state index contributed by atoms with van der Waals surface area (Å²) in [5.41, 5.74) is 0. The molecule has 84 valence electrons. The standard InChI is InChI=1S/C8H7Cl2N5S/c1-4-11-2-5(16-4)3-12-8-14-6(9)13-7(10)15-8/h2H,3H2,1H3,(H,12,13,14,15). The minimum Gasteiger partial charge on any atom is -0.349 e. The Bertz CT molecular complexity index is 481. The van der Waals surface area contributed by atoms with Gasteiger partial charge >= 0.3 is 0 Å². The smallest absolute Gasteiger partial charge is 0.228 e. The molecular formula is C8H7Cl2N5S. The van der Waals surface area contributed by atoms with Crippen molar-refractivity contribution in [1.29, 1.82) is 0 Å². The Morgan fingerprint density at radius 1 is 1.25 bits per heavy atom. The van der Waals surface area contributed by atoms with E-state index in [1.54, 1.807) is 17.5 Å². The molecule has 0 atom stereocenters. The van der Waals surface area contributed by atoms with Gasteiger partial charge in [0.2, 0.25) is 16.5 Å². The van der Waals surface area contributed by atoms with Crippen molar-refractivity contribution in [3.63, 3.8) is 0 Å². The number of nitrogens with zero attached hydrogens (tertiary/aromatic N) is 4. The second kappa shape index (κ2) is 4.90. The van der Waals surface area contributed by atoms with Crippen LogP contribution in [0.3, 0.4) is 0 Å². The Labute approximate surface area is 106 Å². The van der Waals surface area contributed by atoms with Crippen LogP contribution in [-0.4, -0.2) is 19.9 Å². The summed E-state index contributed by atoms with van der Waals surface area (Å²) in [6, 6.07) is 0. The molecule has 2 aromatic heterocycles. The highest BCUT2D eigenvalue weighted by Gasteiger charge is 2.03. The number of aromatic nitrogens is 4. The van der Waals surface area contributed by atoms with Gasteiger partial charge in [-0.3, -0.25) is 0 Å². The van der Waals surface area contributed by atoms with Crippen LogP contribution in [0.2, 0.25) is 10.6 Å². The van der Waals surface area contributed by atoms with Crippen molar-refractivity contribution in [2.45, 2.75) is 13.5 Å². The molecule has 0 aliphatic heterocycles. The van der Waals surface area contributed by atoms with Crippen LogP contribution in [-0.2, 0) is 6.54 Å². The van der Waals surface area contributed by atoms with Gasteiger partial charge < -0.3 is 5.32 Å². The molecule has 0 radical (unpaired) electrons. The first kappa shape index (κ1) is 11.5. The van der Waals surface area contributed by atoms with Crippen molar-refractivity contribution in [1.82, 2.24) is 19.9 Å². The lowest BCUT2D eigenvalue weighted by Crippen LogP contribution is -2.03. The summed E-state index contributed by atoms with van der Waals surface area (Å²) < 4.78 is 0. The van der Waals surface area contributed by atoms with Crippen LogP contribution in [0.15, 0.2) is 6.20 Å². The van der Waals surface area contributed by atoms with Gasteiger partial charge in [-0.2, -0.15) is 15.0 Å².